The van der Waals surface area contributed by atoms with Crippen molar-refractivity contribution in [3.05, 3.63) is 35.1 Å². The number of rotatable bonds is 4. The predicted molar refractivity (Wildman–Crippen MR) is 53.4 cm³/mol. The lowest BCUT2D eigenvalue weighted by atomic mass is 10.0. The largest absolute Gasteiger partial charge is 0.390 e. The molecule has 0 aliphatic heterocycles. The Hall–Kier alpha value is -1.03. The van der Waals surface area contributed by atoms with Gasteiger partial charge in [0.1, 0.15) is 5.82 Å². The first-order valence-corrected chi connectivity index (χ1v) is 5.36. The SMILES string of the molecule is OC1(CCCc2cc(F)c(F)cc2F)CC1. The molecule has 0 heterocycles. The van der Waals surface area contributed by atoms with Gasteiger partial charge < -0.3 is 5.11 Å². The molecular weight excluding hydrogens is 217 g/mol. The van der Waals surface area contributed by atoms with Crippen LogP contribution in [0.1, 0.15) is 31.2 Å². The van der Waals surface area contributed by atoms with Crippen LogP contribution < -0.4 is 0 Å². The molecule has 0 aromatic heterocycles. The van der Waals surface area contributed by atoms with Gasteiger partial charge in [-0.15, -0.1) is 0 Å². The highest BCUT2D eigenvalue weighted by Crippen LogP contribution is 2.39. The molecule has 0 spiro atoms. The Labute approximate surface area is 91.9 Å². The van der Waals surface area contributed by atoms with Crippen LogP contribution in [0.4, 0.5) is 13.2 Å². The van der Waals surface area contributed by atoms with Gasteiger partial charge >= 0.3 is 0 Å². The van der Waals surface area contributed by atoms with Gasteiger partial charge in [0.25, 0.3) is 0 Å². The second kappa shape index (κ2) is 4.09. The van der Waals surface area contributed by atoms with E-state index in [4.69, 9.17) is 0 Å². The molecule has 1 aliphatic rings. The van der Waals surface area contributed by atoms with Crippen LogP contribution in [-0.4, -0.2) is 10.7 Å². The molecule has 4 heteroatoms. The first-order valence-electron chi connectivity index (χ1n) is 5.36. The van der Waals surface area contributed by atoms with E-state index in [1.54, 1.807) is 0 Å². The van der Waals surface area contributed by atoms with Crippen molar-refractivity contribution in [1.29, 1.82) is 0 Å². The fourth-order valence-electron chi connectivity index (χ4n) is 1.76. The van der Waals surface area contributed by atoms with Crippen LogP contribution in [0.25, 0.3) is 0 Å². The van der Waals surface area contributed by atoms with Crippen LogP contribution in [0, 0.1) is 17.5 Å². The van der Waals surface area contributed by atoms with Gasteiger partial charge in [-0.25, -0.2) is 13.2 Å². The van der Waals surface area contributed by atoms with Crippen molar-refractivity contribution in [2.45, 2.75) is 37.7 Å². The third-order valence-corrected chi connectivity index (χ3v) is 3.00. The van der Waals surface area contributed by atoms with Crippen molar-refractivity contribution >= 4 is 0 Å². The lowest BCUT2D eigenvalue weighted by Crippen LogP contribution is -2.07. The molecule has 88 valence electrons. The van der Waals surface area contributed by atoms with Crippen molar-refractivity contribution in [2.75, 3.05) is 0 Å². The first kappa shape index (κ1) is 11.5. The van der Waals surface area contributed by atoms with Gasteiger partial charge in [0.05, 0.1) is 5.60 Å². The zero-order valence-corrected chi connectivity index (χ0v) is 8.77. The van der Waals surface area contributed by atoms with Gasteiger partial charge in [0.15, 0.2) is 11.6 Å². The summed E-state index contributed by atoms with van der Waals surface area (Å²) in [6, 6.07) is 1.46. The highest BCUT2D eigenvalue weighted by molar-refractivity contribution is 5.20. The summed E-state index contributed by atoms with van der Waals surface area (Å²) < 4.78 is 38.7. The lowest BCUT2D eigenvalue weighted by molar-refractivity contribution is 0.137. The van der Waals surface area contributed by atoms with E-state index < -0.39 is 23.1 Å². The number of benzene rings is 1. The summed E-state index contributed by atoms with van der Waals surface area (Å²) in [5.74, 6) is -2.91. The van der Waals surface area contributed by atoms with Crippen molar-refractivity contribution in [1.82, 2.24) is 0 Å². The number of halogens is 3. The summed E-state index contributed by atoms with van der Waals surface area (Å²) >= 11 is 0. The van der Waals surface area contributed by atoms with Crippen molar-refractivity contribution in [2.24, 2.45) is 0 Å². The summed E-state index contributed by atoms with van der Waals surface area (Å²) in [5, 5.41) is 9.55. The standard InChI is InChI=1S/C12H13F3O/c13-9-7-11(15)10(14)6-8(9)2-1-3-12(16)4-5-12/h6-7,16H,1-5H2. The maximum absolute atomic E-state index is 13.2. The summed E-state index contributed by atoms with van der Waals surface area (Å²) in [6.07, 6.45) is 3.07. The molecule has 0 unspecified atom stereocenters. The van der Waals surface area contributed by atoms with Gasteiger partial charge in [-0.3, -0.25) is 0 Å². The average molecular weight is 230 g/mol. The summed E-state index contributed by atoms with van der Waals surface area (Å²) in [6.45, 7) is 0. The Morgan fingerprint density at radius 3 is 2.31 bits per heavy atom. The smallest absolute Gasteiger partial charge is 0.161 e. The van der Waals surface area contributed by atoms with Crippen molar-refractivity contribution in [3.63, 3.8) is 0 Å². The Morgan fingerprint density at radius 2 is 1.69 bits per heavy atom. The fourth-order valence-corrected chi connectivity index (χ4v) is 1.76. The van der Waals surface area contributed by atoms with Gasteiger partial charge in [0.2, 0.25) is 0 Å². The second-order valence-corrected chi connectivity index (χ2v) is 4.44. The summed E-state index contributed by atoms with van der Waals surface area (Å²) in [7, 11) is 0. The Balaban J connectivity index is 1.95. The molecule has 1 nitrogen and oxygen atoms in total. The fraction of sp³-hybridized carbons (Fsp3) is 0.500. The van der Waals surface area contributed by atoms with Gasteiger partial charge in [0, 0.05) is 6.07 Å². The molecule has 1 aromatic carbocycles. The molecule has 1 aromatic rings. The van der Waals surface area contributed by atoms with Gasteiger partial charge in [-0.2, -0.15) is 0 Å². The number of hydrogen-bond acceptors (Lipinski definition) is 1. The maximum atomic E-state index is 13.2. The molecule has 0 radical (unpaired) electrons. The van der Waals surface area contributed by atoms with Gasteiger partial charge in [-0.1, -0.05) is 0 Å². The van der Waals surface area contributed by atoms with E-state index in [9.17, 15) is 18.3 Å². The van der Waals surface area contributed by atoms with Crippen molar-refractivity contribution < 1.29 is 18.3 Å². The minimum absolute atomic E-state index is 0.170. The second-order valence-electron chi connectivity index (χ2n) is 4.44. The third-order valence-electron chi connectivity index (χ3n) is 3.00. The molecule has 1 aliphatic carbocycles. The normalized spacial score (nSPS) is 17.5. The summed E-state index contributed by atoms with van der Waals surface area (Å²) in [5.41, 5.74) is -0.405. The quantitative estimate of drug-likeness (QED) is 0.788. The van der Waals surface area contributed by atoms with Crippen LogP contribution in [-0.2, 0) is 6.42 Å². The molecule has 0 amide bonds. The molecule has 2 rings (SSSR count). The Kier molecular flexibility index (Phi) is 2.93. The zero-order chi connectivity index (χ0) is 11.8. The van der Waals surface area contributed by atoms with Crippen LogP contribution in [0.3, 0.4) is 0 Å². The number of hydrogen-bond donors (Lipinski definition) is 1. The summed E-state index contributed by atoms with van der Waals surface area (Å²) in [4.78, 5) is 0. The van der Waals surface area contributed by atoms with E-state index in [0.717, 1.165) is 18.9 Å². The lowest BCUT2D eigenvalue weighted by Gasteiger charge is -2.07. The van der Waals surface area contributed by atoms with Crippen molar-refractivity contribution in [3.8, 4) is 0 Å². The topological polar surface area (TPSA) is 20.2 Å². The van der Waals surface area contributed by atoms with E-state index in [-0.39, 0.29) is 5.56 Å². The Morgan fingerprint density at radius 1 is 1.06 bits per heavy atom. The van der Waals surface area contributed by atoms with Gasteiger partial charge in [-0.05, 0) is 43.7 Å². The zero-order valence-electron chi connectivity index (χ0n) is 8.77. The monoisotopic (exact) mass is 230 g/mol. The molecule has 1 N–H and O–H groups in total. The highest BCUT2D eigenvalue weighted by atomic mass is 19.2. The minimum Gasteiger partial charge on any atom is -0.390 e. The average Bonchev–Trinajstić information content (AvgIpc) is 2.93. The van der Waals surface area contributed by atoms with Crippen LogP contribution in [0.2, 0.25) is 0 Å². The van der Waals surface area contributed by atoms with E-state index in [2.05, 4.69) is 0 Å². The minimum atomic E-state index is -1.16. The molecule has 1 fully saturated rings. The van der Waals surface area contributed by atoms with E-state index >= 15 is 0 Å². The molecule has 0 bridgehead atoms. The number of aryl methyl sites for hydroxylation is 1. The number of aliphatic hydroxyl groups is 1. The first-order chi connectivity index (χ1) is 7.50. The van der Waals surface area contributed by atoms with E-state index in [1.165, 1.54) is 0 Å². The molecule has 16 heavy (non-hydrogen) atoms. The molecule has 0 saturated heterocycles. The van der Waals surface area contributed by atoms with E-state index in [0.29, 0.717) is 25.3 Å². The Bertz CT molecular complexity index is 399. The molecule has 0 atom stereocenters. The molecular formula is C12H13F3O. The van der Waals surface area contributed by atoms with Crippen LogP contribution in [0.5, 0.6) is 0 Å². The predicted octanol–water partition coefficient (Wildman–Crippen LogP) is 2.95. The third kappa shape index (κ3) is 2.55. The van der Waals surface area contributed by atoms with E-state index in [1.807, 2.05) is 0 Å². The van der Waals surface area contributed by atoms with Crippen LogP contribution >= 0.6 is 0 Å². The van der Waals surface area contributed by atoms with Crippen LogP contribution in [0.15, 0.2) is 12.1 Å². The maximum Gasteiger partial charge on any atom is 0.161 e. The highest BCUT2D eigenvalue weighted by Gasteiger charge is 2.39. The molecule has 1 saturated carbocycles.